The molecule has 0 saturated heterocycles. The molecule has 10 heteroatoms. The first kappa shape index (κ1) is 15.6. The molecule has 0 unspecified atom stereocenters. The highest BCUT2D eigenvalue weighted by Crippen LogP contribution is 2.38. The smallest absolute Gasteiger partial charge is 0.349 e. The number of hydrogen-bond donors (Lipinski definition) is 1. The minimum absolute atomic E-state index is 0.0925. The molecule has 7 nitrogen and oxygen atoms in total. The van der Waals surface area contributed by atoms with Crippen molar-refractivity contribution in [3.63, 3.8) is 0 Å². The van der Waals surface area contributed by atoms with Crippen molar-refractivity contribution in [2.45, 2.75) is 0 Å². The van der Waals surface area contributed by atoms with E-state index in [1.54, 1.807) is 7.05 Å². The molecule has 0 saturated carbocycles. The van der Waals surface area contributed by atoms with Gasteiger partial charge in [-0.05, 0) is 6.07 Å². The third-order valence-corrected chi connectivity index (χ3v) is 3.35. The predicted molar refractivity (Wildman–Crippen MR) is 79.8 cm³/mol. The molecule has 0 spiro atoms. The SMILES string of the molecule is CNc1ncc([N+](=O)[O-])c(Oc2cc(Cl)c(Cl)cc2Cl)n1. The van der Waals surface area contributed by atoms with Gasteiger partial charge in [0.2, 0.25) is 5.95 Å². The summed E-state index contributed by atoms with van der Waals surface area (Å²) in [5.74, 6) is -0.0126. The number of nitrogens with one attached hydrogen (secondary N) is 1. The number of aromatic nitrogens is 2. The molecule has 0 fully saturated rings. The molecule has 0 aliphatic rings. The zero-order chi connectivity index (χ0) is 15.6. The summed E-state index contributed by atoms with van der Waals surface area (Å²) in [5.41, 5.74) is -0.406. The van der Waals surface area contributed by atoms with Gasteiger partial charge in [0, 0.05) is 13.1 Å². The lowest BCUT2D eigenvalue weighted by atomic mass is 10.3. The average molecular weight is 350 g/mol. The van der Waals surface area contributed by atoms with Crippen LogP contribution in [0.3, 0.4) is 0 Å². The van der Waals surface area contributed by atoms with E-state index in [-0.39, 0.29) is 32.6 Å². The molecule has 110 valence electrons. The predicted octanol–water partition coefficient (Wildman–Crippen LogP) is 4.18. The number of benzene rings is 1. The van der Waals surface area contributed by atoms with Gasteiger partial charge in [0.15, 0.2) is 0 Å². The van der Waals surface area contributed by atoms with Crippen molar-refractivity contribution in [1.82, 2.24) is 9.97 Å². The number of hydrogen-bond acceptors (Lipinski definition) is 6. The van der Waals surface area contributed by atoms with E-state index < -0.39 is 10.6 Å². The fourth-order valence-corrected chi connectivity index (χ4v) is 1.94. The van der Waals surface area contributed by atoms with E-state index in [9.17, 15) is 10.1 Å². The lowest BCUT2D eigenvalue weighted by Crippen LogP contribution is -2.02. The first-order valence-electron chi connectivity index (χ1n) is 5.44. The first-order chi connectivity index (χ1) is 9.92. The zero-order valence-corrected chi connectivity index (χ0v) is 12.7. The number of ether oxygens (including phenoxy) is 1. The Balaban J connectivity index is 2.47. The summed E-state index contributed by atoms with van der Waals surface area (Å²) in [6.45, 7) is 0. The summed E-state index contributed by atoms with van der Waals surface area (Å²) < 4.78 is 5.37. The van der Waals surface area contributed by atoms with Crippen molar-refractivity contribution in [3.8, 4) is 11.6 Å². The molecule has 2 rings (SSSR count). The van der Waals surface area contributed by atoms with Crippen LogP contribution in [0.15, 0.2) is 18.3 Å². The quantitative estimate of drug-likeness (QED) is 0.506. The van der Waals surface area contributed by atoms with Crippen molar-refractivity contribution in [2.24, 2.45) is 0 Å². The molecule has 1 aromatic carbocycles. The van der Waals surface area contributed by atoms with Crippen molar-refractivity contribution < 1.29 is 9.66 Å². The molecule has 0 aliphatic heterocycles. The normalized spacial score (nSPS) is 10.3. The van der Waals surface area contributed by atoms with E-state index >= 15 is 0 Å². The van der Waals surface area contributed by atoms with Gasteiger partial charge < -0.3 is 10.1 Å². The van der Waals surface area contributed by atoms with Crippen LogP contribution in [0.4, 0.5) is 11.6 Å². The van der Waals surface area contributed by atoms with Crippen molar-refractivity contribution in [2.75, 3.05) is 12.4 Å². The standard InChI is InChI=1S/C11H7Cl3N4O3/c1-15-11-16-4-8(18(19)20)10(17-11)21-9-3-6(13)5(12)2-7(9)14/h2-4H,1H3,(H,15,16,17). The maximum absolute atomic E-state index is 11.0. The van der Waals surface area contributed by atoms with Gasteiger partial charge in [-0.1, -0.05) is 34.8 Å². The van der Waals surface area contributed by atoms with E-state index in [1.807, 2.05) is 0 Å². The molecule has 0 radical (unpaired) electrons. The lowest BCUT2D eigenvalue weighted by molar-refractivity contribution is -0.386. The van der Waals surface area contributed by atoms with E-state index in [2.05, 4.69) is 15.3 Å². The molecule has 1 N–H and O–H groups in total. The highest BCUT2D eigenvalue weighted by atomic mass is 35.5. The molecule has 0 atom stereocenters. The summed E-state index contributed by atoms with van der Waals surface area (Å²) in [6, 6.07) is 2.71. The van der Waals surface area contributed by atoms with Crippen LogP contribution in [-0.2, 0) is 0 Å². The number of anilines is 1. The van der Waals surface area contributed by atoms with Gasteiger partial charge in [0.25, 0.3) is 0 Å². The van der Waals surface area contributed by atoms with Crippen LogP contribution in [0.1, 0.15) is 0 Å². The highest BCUT2D eigenvalue weighted by molar-refractivity contribution is 6.43. The second-order valence-corrected chi connectivity index (χ2v) is 4.91. The Morgan fingerprint density at radius 2 is 1.90 bits per heavy atom. The fourth-order valence-electron chi connectivity index (χ4n) is 1.37. The Morgan fingerprint density at radius 3 is 2.52 bits per heavy atom. The third kappa shape index (κ3) is 3.44. The van der Waals surface area contributed by atoms with Crippen LogP contribution >= 0.6 is 34.8 Å². The maximum atomic E-state index is 11.0. The Kier molecular flexibility index (Phi) is 4.66. The van der Waals surface area contributed by atoms with E-state index in [0.29, 0.717) is 0 Å². The molecule has 21 heavy (non-hydrogen) atoms. The van der Waals surface area contributed by atoms with Crippen molar-refractivity contribution in [1.29, 1.82) is 0 Å². The second kappa shape index (κ2) is 6.30. The van der Waals surface area contributed by atoms with Crippen LogP contribution < -0.4 is 10.1 Å². The highest BCUT2D eigenvalue weighted by Gasteiger charge is 2.21. The van der Waals surface area contributed by atoms with Gasteiger partial charge in [-0.25, -0.2) is 4.98 Å². The molecular formula is C11H7Cl3N4O3. The zero-order valence-electron chi connectivity index (χ0n) is 10.4. The Hall–Kier alpha value is -1.83. The largest absolute Gasteiger partial charge is 0.432 e. The van der Waals surface area contributed by atoms with Gasteiger partial charge in [-0.2, -0.15) is 4.98 Å². The molecule has 0 bridgehead atoms. The number of halogens is 3. The van der Waals surface area contributed by atoms with Gasteiger partial charge >= 0.3 is 11.6 Å². The average Bonchev–Trinajstić information content (AvgIpc) is 2.44. The van der Waals surface area contributed by atoms with Crippen molar-refractivity contribution >= 4 is 46.4 Å². The fraction of sp³-hybridized carbons (Fsp3) is 0.0909. The lowest BCUT2D eigenvalue weighted by Gasteiger charge is -2.09. The Morgan fingerprint density at radius 1 is 1.24 bits per heavy atom. The Bertz CT molecular complexity index is 711. The van der Waals surface area contributed by atoms with E-state index in [0.717, 1.165) is 6.20 Å². The summed E-state index contributed by atoms with van der Waals surface area (Å²) in [5, 5.41) is 14.2. The summed E-state index contributed by atoms with van der Waals surface area (Å²) in [6.07, 6.45) is 1.03. The minimum atomic E-state index is -0.666. The maximum Gasteiger partial charge on any atom is 0.349 e. The number of nitro groups is 1. The second-order valence-electron chi connectivity index (χ2n) is 3.69. The van der Waals surface area contributed by atoms with Gasteiger partial charge in [0.1, 0.15) is 11.9 Å². The van der Waals surface area contributed by atoms with Gasteiger partial charge in [-0.15, -0.1) is 0 Å². The minimum Gasteiger partial charge on any atom is -0.432 e. The van der Waals surface area contributed by atoms with E-state index in [1.165, 1.54) is 12.1 Å². The topological polar surface area (TPSA) is 90.2 Å². The van der Waals surface area contributed by atoms with Crippen LogP contribution in [0.25, 0.3) is 0 Å². The van der Waals surface area contributed by atoms with Gasteiger partial charge in [-0.3, -0.25) is 10.1 Å². The third-order valence-electron chi connectivity index (χ3n) is 2.34. The molecular weight excluding hydrogens is 343 g/mol. The van der Waals surface area contributed by atoms with Gasteiger partial charge in [0.05, 0.1) is 20.0 Å². The number of rotatable bonds is 4. The summed E-state index contributed by atoms with van der Waals surface area (Å²) >= 11 is 17.6. The summed E-state index contributed by atoms with van der Waals surface area (Å²) in [4.78, 5) is 17.9. The number of nitrogens with zero attached hydrogens (tertiary/aromatic N) is 3. The van der Waals surface area contributed by atoms with Crippen LogP contribution in [0.5, 0.6) is 11.6 Å². The van der Waals surface area contributed by atoms with Crippen molar-refractivity contribution in [3.05, 3.63) is 43.5 Å². The molecule has 1 aromatic heterocycles. The van der Waals surface area contributed by atoms with Crippen LogP contribution in [-0.4, -0.2) is 21.9 Å². The van der Waals surface area contributed by atoms with E-state index in [4.69, 9.17) is 39.5 Å². The summed E-state index contributed by atoms with van der Waals surface area (Å²) in [7, 11) is 1.57. The molecule has 0 aliphatic carbocycles. The molecule has 1 heterocycles. The monoisotopic (exact) mass is 348 g/mol. The Labute approximate surface area is 134 Å². The van der Waals surface area contributed by atoms with Crippen LogP contribution in [0, 0.1) is 10.1 Å². The first-order valence-corrected chi connectivity index (χ1v) is 6.57. The van der Waals surface area contributed by atoms with Crippen LogP contribution in [0.2, 0.25) is 15.1 Å². The molecule has 2 aromatic rings. The molecule has 0 amide bonds.